The Morgan fingerprint density at radius 3 is 0.876 bits per heavy atom. The molecule has 0 fully saturated rings. The number of esters is 3. The van der Waals surface area contributed by atoms with Crippen LogP contribution in [0.2, 0.25) is 0 Å². The van der Waals surface area contributed by atoms with Crippen LogP contribution >= 0.6 is 0 Å². The van der Waals surface area contributed by atoms with E-state index in [4.69, 9.17) is 19.9 Å². The lowest BCUT2D eigenvalue weighted by Crippen LogP contribution is -2.25. The van der Waals surface area contributed by atoms with Crippen LogP contribution in [-0.2, 0) is 14.2 Å². The van der Waals surface area contributed by atoms with E-state index in [-0.39, 0.29) is 51.0 Å². The van der Waals surface area contributed by atoms with Crippen molar-refractivity contribution >= 4 is 64.3 Å². The van der Waals surface area contributed by atoms with E-state index >= 15 is 0 Å². The number of aryl methyl sites for hydroxylation is 1. The van der Waals surface area contributed by atoms with Gasteiger partial charge in [0.2, 0.25) is 0 Å². The summed E-state index contributed by atoms with van der Waals surface area (Å²) in [5.41, 5.74) is 19.2. The molecule has 0 aliphatic carbocycles. The van der Waals surface area contributed by atoms with Gasteiger partial charge < -0.3 is 51.2 Å². The number of hydrogen-bond donors (Lipinski definition) is 7. The summed E-state index contributed by atoms with van der Waals surface area (Å²) in [5.74, 6) is -4.50. The average molecular weight is 1610 g/mol. The highest BCUT2D eigenvalue weighted by Crippen LogP contribution is 2.35. The number of nitrogens with one attached hydrogen (secondary N) is 3. The fraction of sp³-hybridized carbons (Fsp3) is 0.129. The van der Waals surface area contributed by atoms with Gasteiger partial charge in [-0.25, -0.2) is 19.2 Å². The average Bonchev–Trinajstić information content (AvgIpc) is 0.807. The lowest BCUT2D eigenvalue weighted by atomic mass is 10.00. The molecule has 14 aromatic rings. The quantitative estimate of drug-likeness (QED) is 0.0253. The van der Waals surface area contributed by atoms with E-state index in [2.05, 4.69) is 30.9 Å². The van der Waals surface area contributed by atoms with E-state index < -0.39 is 52.5 Å². The third kappa shape index (κ3) is 23.9. The second kappa shape index (κ2) is 39.0. The van der Waals surface area contributed by atoms with Gasteiger partial charge in [0.05, 0.1) is 67.5 Å². The Labute approximate surface area is 702 Å². The van der Waals surface area contributed by atoms with Gasteiger partial charge in [0, 0.05) is 46.5 Å². The summed E-state index contributed by atoms with van der Waals surface area (Å²) >= 11 is 0. The number of pyridine rings is 3. The molecule has 121 heavy (non-hydrogen) atoms. The summed E-state index contributed by atoms with van der Waals surface area (Å²) in [7, 11) is 0. The lowest BCUT2D eigenvalue weighted by Gasteiger charge is -2.21. The van der Waals surface area contributed by atoms with Gasteiger partial charge in [-0.2, -0.15) is 0 Å². The molecule has 0 atom stereocenters. The van der Waals surface area contributed by atoms with Crippen molar-refractivity contribution in [2.75, 3.05) is 21.7 Å². The maximum absolute atomic E-state index is 13.4. The van der Waals surface area contributed by atoms with Crippen LogP contribution in [0.25, 0.3) is 78.3 Å². The number of aromatic hydroxyl groups is 2. The van der Waals surface area contributed by atoms with Crippen LogP contribution in [0.1, 0.15) is 140 Å². The lowest BCUT2D eigenvalue weighted by molar-refractivity contribution is 0.00580. The minimum Gasteiger partial charge on any atom is -0.507 e. The van der Waals surface area contributed by atoms with Crippen LogP contribution in [0.5, 0.6) is 11.5 Å². The number of phenols is 2. The minimum absolute atomic E-state index is 0.0182. The molecule has 3 aromatic heterocycles. The number of rotatable bonds is 17. The first-order valence-corrected chi connectivity index (χ1v) is 38.7. The van der Waals surface area contributed by atoms with Crippen LogP contribution in [0, 0.1) is 6.92 Å². The van der Waals surface area contributed by atoms with Crippen molar-refractivity contribution in [2.45, 2.75) is 86.0 Å². The highest BCUT2D eigenvalue weighted by molar-refractivity contribution is 6.12. The van der Waals surface area contributed by atoms with E-state index in [1.54, 1.807) is 118 Å². The Hall–Kier alpha value is -15.4. The predicted octanol–water partition coefficient (Wildman–Crippen LogP) is 22.2. The smallest absolute Gasteiger partial charge is 0.340 e. The van der Waals surface area contributed by atoms with Crippen molar-refractivity contribution < 1.29 is 63.1 Å². The monoisotopic (exact) mass is 1610 g/mol. The zero-order chi connectivity index (χ0) is 86.5. The molecule has 0 aliphatic rings. The molecule has 0 bridgehead atoms. The number of carboxylic acids is 1. The van der Waals surface area contributed by atoms with E-state index in [0.717, 1.165) is 61.3 Å². The molecular weight excluding hydrogens is 1520 g/mol. The number of benzene rings is 11. The van der Waals surface area contributed by atoms with Crippen LogP contribution in [0.4, 0.5) is 22.7 Å². The summed E-state index contributed by atoms with van der Waals surface area (Å²) in [6, 6.07) is 90.9. The topological polar surface area (TPSA) is 309 Å². The van der Waals surface area contributed by atoms with Crippen molar-refractivity contribution in [3.05, 3.63) is 366 Å². The number of nitrogen functional groups attached to an aromatic ring is 1. The fourth-order valence-electron chi connectivity index (χ4n) is 12.4. The van der Waals surface area contributed by atoms with Crippen LogP contribution < -0.4 is 21.7 Å². The highest BCUT2D eigenvalue weighted by Gasteiger charge is 2.27. The van der Waals surface area contributed by atoms with Gasteiger partial charge >= 0.3 is 23.9 Å². The van der Waals surface area contributed by atoms with E-state index in [1.807, 2.05) is 249 Å². The molecule has 3 amide bonds. The number of nitrogens with two attached hydrogens (primary N) is 1. The molecule has 608 valence electrons. The Morgan fingerprint density at radius 1 is 0.289 bits per heavy atom. The van der Waals surface area contributed by atoms with Gasteiger partial charge in [0.25, 0.3) is 17.7 Å². The SMILES string of the molecule is CC(C)(C)OC(=O)c1ccc(-c2ccccc2)cc1N.CC(C)(C)OC(=O)c1ccc(-c2ccccc2)cc1NC(=O)c1cc(-c2ccccn2)ccc1O.Cc1ccc(-c2ccccn2)cc1C(=O)Nc1cc(-c2ccccc2)ccc1C(=O)OC(C)(C)C.O=C(Nc1cc(-c2ccccc2)ccc1C(=O)O)c1cc(-c2ccccn2)ccc1O. The summed E-state index contributed by atoms with van der Waals surface area (Å²) in [4.78, 5) is 102. The van der Waals surface area contributed by atoms with E-state index in [0.29, 0.717) is 50.6 Å². The van der Waals surface area contributed by atoms with Crippen LogP contribution in [0.3, 0.4) is 0 Å². The first-order chi connectivity index (χ1) is 57.8. The summed E-state index contributed by atoms with van der Waals surface area (Å²) in [6.07, 6.45) is 5.01. The van der Waals surface area contributed by atoms with Gasteiger partial charge in [-0.3, -0.25) is 29.3 Å². The first kappa shape index (κ1) is 86.4. The van der Waals surface area contributed by atoms with Gasteiger partial charge in [-0.05, 0) is 247 Å². The Balaban J connectivity index is 0.000000160. The second-order valence-corrected chi connectivity index (χ2v) is 30.9. The molecule has 11 aromatic carbocycles. The molecule has 14 rings (SSSR count). The molecule has 20 heteroatoms. The third-order valence-electron chi connectivity index (χ3n) is 18.2. The summed E-state index contributed by atoms with van der Waals surface area (Å²) < 4.78 is 16.5. The van der Waals surface area contributed by atoms with Crippen molar-refractivity contribution in [3.8, 4) is 89.8 Å². The molecular formula is C101H91N7O13. The van der Waals surface area contributed by atoms with Crippen LogP contribution in [-0.4, -0.2) is 88.7 Å². The molecule has 0 unspecified atom stereocenters. The maximum atomic E-state index is 13.4. The number of amides is 3. The highest BCUT2D eigenvalue weighted by atomic mass is 16.6. The number of aromatic carboxylic acids is 1. The molecule has 8 N–H and O–H groups in total. The van der Waals surface area contributed by atoms with Gasteiger partial charge in [-0.1, -0.05) is 176 Å². The predicted molar refractivity (Wildman–Crippen MR) is 475 cm³/mol. The summed E-state index contributed by atoms with van der Waals surface area (Å²) in [5, 5.41) is 38.6. The zero-order valence-corrected chi connectivity index (χ0v) is 68.4. The van der Waals surface area contributed by atoms with E-state index in [1.165, 1.54) is 24.3 Å². The first-order valence-electron chi connectivity index (χ1n) is 38.7. The molecule has 0 radical (unpaired) electrons. The number of phenolic OH excluding ortho intramolecular Hbond substituents is 2. The number of aromatic nitrogens is 3. The molecule has 20 nitrogen and oxygen atoms in total. The fourth-order valence-corrected chi connectivity index (χ4v) is 12.4. The van der Waals surface area contributed by atoms with Gasteiger partial charge in [0.15, 0.2) is 0 Å². The largest absolute Gasteiger partial charge is 0.507 e. The Kier molecular flexibility index (Phi) is 27.9. The normalized spacial score (nSPS) is 10.9. The molecule has 0 saturated carbocycles. The number of anilines is 4. The number of carbonyl (C=O) groups is 7. The summed E-state index contributed by atoms with van der Waals surface area (Å²) in [6.45, 7) is 18.2. The van der Waals surface area contributed by atoms with E-state index in [9.17, 15) is 48.9 Å². The standard InChI is InChI=1S/C30H28N2O3.C29H26N2O4.C25H18N2O4.C17H19NO2/c1-20-13-14-23(26-12-8-9-17-31-26)18-25(20)28(33)32-27-19-22(21-10-6-5-7-11-21)15-16-24(27)29(34)35-30(2,3)4;1-29(2,3)35-28(34)22-14-12-20(19-9-5-4-6-10-19)18-25(22)31-27(33)23-17-21(13-15-26(23)32)24-11-7-8-16-30-24;28-23-12-10-18(21-8-4-5-13-26-21)14-20(23)24(29)27-22-15-17(9-11-19(22)25(30)31)16-6-2-1-3-7-16;1-17(2,3)20-16(19)14-10-9-13(11-15(14)18)12-7-5-4-6-8-12/h5-19H,1-4H3,(H,32,33);4-18,32H,1-3H3,(H,31,33);1-15,28H,(H,27,29)(H,30,31);4-11H,18H2,1-3H3. The van der Waals surface area contributed by atoms with Gasteiger partial charge in [0.1, 0.15) is 28.3 Å². The molecule has 3 heterocycles. The second-order valence-electron chi connectivity index (χ2n) is 30.9. The zero-order valence-electron chi connectivity index (χ0n) is 68.4. The molecule has 0 aliphatic heterocycles. The maximum Gasteiger partial charge on any atom is 0.340 e. The van der Waals surface area contributed by atoms with Crippen molar-refractivity contribution in [1.82, 2.24) is 15.0 Å². The van der Waals surface area contributed by atoms with Crippen LogP contribution in [0.15, 0.2) is 322 Å². The number of nitrogens with zero attached hydrogens (tertiary/aromatic N) is 3. The molecule has 0 saturated heterocycles. The number of carboxylic acid groups (broad SMARTS) is 1. The number of ether oxygens (including phenoxy) is 3. The Bertz CT molecular complexity index is 5820. The number of hydrogen-bond acceptors (Lipinski definition) is 16. The minimum atomic E-state index is -1.17. The van der Waals surface area contributed by atoms with Crippen molar-refractivity contribution in [3.63, 3.8) is 0 Å². The molecule has 0 spiro atoms. The Morgan fingerprint density at radius 2 is 0.562 bits per heavy atom. The van der Waals surface area contributed by atoms with Crippen molar-refractivity contribution in [2.24, 2.45) is 0 Å². The van der Waals surface area contributed by atoms with Crippen molar-refractivity contribution in [1.29, 1.82) is 0 Å². The third-order valence-corrected chi connectivity index (χ3v) is 18.2. The number of carbonyl (C=O) groups excluding carboxylic acids is 6. The van der Waals surface area contributed by atoms with Gasteiger partial charge in [-0.15, -0.1) is 0 Å².